The van der Waals surface area contributed by atoms with Gasteiger partial charge in [-0.25, -0.2) is 8.78 Å². The average molecular weight is 304 g/mol. The van der Waals surface area contributed by atoms with Crippen LogP contribution in [-0.4, -0.2) is 17.4 Å². The van der Waals surface area contributed by atoms with Crippen LogP contribution in [-0.2, 0) is 17.8 Å². The summed E-state index contributed by atoms with van der Waals surface area (Å²) in [4.78, 5) is 13.7. The lowest BCUT2D eigenvalue weighted by Crippen LogP contribution is -2.32. The molecule has 0 heterocycles. The number of nitrogens with zero attached hydrogens (tertiary/aromatic N) is 1. The van der Waals surface area contributed by atoms with Crippen molar-refractivity contribution in [1.82, 2.24) is 4.90 Å². The van der Waals surface area contributed by atoms with Gasteiger partial charge < -0.3 is 10.6 Å². The topological polar surface area (TPSA) is 46.3 Å². The maximum atomic E-state index is 13.7. The predicted octanol–water partition coefficient (Wildman–Crippen LogP) is 3.14. The van der Waals surface area contributed by atoms with Crippen molar-refractivity contribution in [3.63, 3.8) is 0 Å². The molecular formula is C17H18F2N2O. The van der Waals surface area contributed by atoms with Crippen molar-refractivity contribution in [3.05, 3.63) is 65.2 Å². The second-order valence-electron chi connectivity index (χ2n) is 5.03. The molecule has 0 aliphatic rings. The fourth-order valence-corrected chi connectivity index (χ4v) is 2.17. The van der Waals surface area contributed by atoms with Crippen molar-refractivity contribution in [3.8, 4) is 0 Å². The van der Waals surface area contributed by atoms with Crippen molar-refractivity contribution in [2.45, 2.75) is 19.9 Å². The number of amides is 1. The van der Waals surface area contributed by atoms with Crippen molar-refractivity contribution in [2.75, 3.05) is 12.3 Å². The molecule has 2 aromatic rings. The third-order valence-electron chi connectivity index (χ3n) is 3.48. The first-order chi connectivity index (χ1) is 10.5. The number of nitrogen functional groups attached to an aromatic ring is 1. The highest BCUT2D eigenvalue weighted by atomic mass is 19.1. The smallest absolute Gasteiger partial charge is 0.227 e. The van der Waals surface area contributed by atoms with Crippen molar-refractivity contribution in [1.29, 1.82) is 0 Å². The van der Waals surface area contributed by atoms with Gasteiger partial charge in [0.1, 0.15) is 11.6 Å². The summed E-state index contributed by atoms with van der Waals surface area (Å²) in [7, 11) is 0. The van der Waals surface area contributed by atoms with Gasteiger partial charge in [0.2, 0.25) is 5.91 Å². The molecule has 0 unspecified atom stereocenters. The van der Waals surface area contributed by atoms with Crippen molar-refractivity contribution < 1.29 is 13.6 Å². The van der Waals surface area contributed by atoms with Gasteiger partial charge >= 0.3 is 0 Å². The summed E-state index contributed by atoms with van der Waals surface area (Å²) in [6, 6.07) is 10.7. The standard InChI is InChI=1S/C17H18F2N2O/c1-2-21(11-14-15(18)4-3-5-16(14)19)17(22)10-12-6-8-13(20)9-7-12/h3-9H,2,10-11,20H2,1H3. The number of rotatable bonds is 5. The minimum absolute atomic E-state index is 0.0805. The molecule has 2 aromatic carbocycles. The summed E-state index contributed by atoms with van der Waals surface area (Å²) in [5.41, 5.74) is 6.95. The van der Waals surface area contributed by atoms with Crippen molar-refractivity contribution >= 4 is 11.6 Å². The van der Waals surface area contributed by atoms with Crippen LogP contribution in [0.3, 0.4) is 0 Å². The first-order valence-corrected chi connectivity index (χ1v) is 7.06. The van der Waals surface area contributed by atoms with Crippen LogP contribution in [0.4, 0.5) is 14.5 Å². The van der Waals surface area contributed by atoms with E-state index in [1.807, 2.05) is 0 Å². The Kier molecular flexibility index (Phi) is 5.09. The van der Waals surface area contributed by atoms with Crippen LogP contribution in [0.2, 0.25) is 0 Å². The molecule has 0 saturated carbocycles. The van der Waals surface area contributed by atoms with Gasteiger partial charge in [-0.1, -0.05) is 18.2 Å². The molecular weight excluding hydrogens is 286 g/mol. The van der Waals surface area contributed by atoms with Gasteiger partial charge in [-0.3, -0.25) is 4.79 Å². The van der Waals surface area contributed by atoms with E-state index in [-0.39, 0.29) is 24.4 Å². The Hall–Kier alpha value is -2.43. The maximum absolute atomic E-state index is 13.7. The molecule has 5 heteroatoms. The van der Waals surface area contributed by atoms with Gasteiger partial charge in [0.05, 0.1) is 13.0 Å². The predicted molar refractivity (Wildman–Crippen MR) is 82.0 cm³/mol. The SMILES string of the molecule is CCN(Cc1c(F)cccc1F)C(=O)Cc1ccc(N)cc1. The van der Waals surface area contributed by atoms with E-state index in [0.29, 0.717) is 12.2 Å². The largest absolute Gasteiger partial charge is 0.399 e. The fraction of sp³-hybridized carbons (Fsp3) is 0.235. The molecule has 0 atom stereocenters. The number of hydrogen-bond donors (Lipinski definition) is 1. The van der Waals surface area contributed by atoms with Gasteiger partial charge in [0.25, 0.3) is 0 Å². The number of halogens is 2. The third-order valence-corrected chi connectivity index (χ3v) is 3.48. The molecule has 0 radical (unpaired) electrons. The molecule has 0 aliphatic heterocycles. The Morgan fingerprint density at radius 3 is 2.23 bits per heavy atom. The molecule has 22 heavy (non-hydrogen) atoms. The highest BCUT2D eigenvalue weighted by Crippen LogP contribution is 2.16. The Morgan fingerprint density at radius 1 is 1.09 bits per heavy atom. The third kappa shape index (κ3) is 3.81. The lowest BCUT2D eigenvalue weighted by atomic mass is 10.1. The molecule has 2 N–H and O–H groups in total. The molecule has 0 saturated heterocycles. The van der Waals surface area contributed by atoms with Crippen LogP contribution in [0, 0.1) is 11.6 Å². The number of anilines is 1. The quantitative estimate of drug-likeness (QED) is 0.863. The molecule has 2 rings (SSSR count). The Balaban J connectivity index is 2.10. The van der Waals surface area contributed by atoms with E-state index >= 15 is 0 Å². The Morgan fingerprint density at radius 2 is 1.68 bits per heavy atom. The van der Waals surface area contributed by atoms with Gasteiger partial charge in [0, 0.05) is 17.8 Å². The lowest BCUT2D eigenvalue weighted by Gasteiger charge is -2.21. The van der Waals surface area contributed by atoms with E-state index in [2.05, 4.69) is 0 Å². The van der Waals surface area contributed by atoms with Crippen LogP contribution in [0.1, 0.15) is 18.1 Å². The Labute approximate surface area is 128 Å². The molecule has 1 amide bonds. The van der Waals surface area contributed by atoms with E-state index in [4.69, 9.17) is 5.73 Å². The zero-order chi connectivity index (χ0) is 16.1. The van der Waals surface area contributed by atoms with E-state index in [0.717, 1.165) is 5.56 Å². The molecule has 0 spiro atoms. The van der Waals surface area contributed by atoms with Gasteiger partial charge in [-0.05, 0) is 36.8 Å². The summed E-state index contributed by atoms with van der Waals surface area (Å²) in [5, 5.41) is 0. The highest BCUT2D eigenvalue weighted by molar-refractivity contribution is 5.78. The number of nitrogens with two attached hydrogens (primary N) is 1. The number of likely N-dealkylation sites (N-methyl/N-ethyl adjacent to an activating group) is 1. The summed E-state index contributed by atoms with van der Waals surface area (Å²) < 4.78 is 27.4. The first kappa shape index (κ1) is 15.9. The molecule has 116 valence electrons. The van der Waals surface area contributed by atoms with Gasteiger partial charge in [0.15, 0.2) is 0 Å². The zero-order valence-electron chi connectivity index (χ0n) is 12.4. The van der Waals surface area contributed by atoms with E-state index in [1.54, 1.807) is 31.2 Å². The van der Waals surface area contributed by atoms with Crippen LogP contribution in [0.15, 0.2) is 42.5 Å². The summed E-state index contributed by atoms with van der Waals surface area (Å²) in [5.74, 6) is -1.47. The molecule has 0 fully saturated rings. The number of benzene rings is 2. The zero-order valence-corrected chi connectivity index (χ0v) is 12.4. The fourth-order valence-electron chi connectivity index (χ4n) is 2.17. The lowest BCUT2D eigenvalue weighted by molar-refractivity contribution is -0.130. The molecule has 0 bridgehead atoms. The number of carbonyl (C=O) groups excluding carboxylic acids is 1. The minimum Gasteiger partial charge on any atom is -0.399 e. The van der Waals surface area contributed by atoms with Gasteiger partial charge in [-0.15, -0.1) is 0 Å². The second kappa shape index (κ2) is 7.02. The van der Waals surface area contributed by atoms with Crippen LogP contribution in [0.25, 0.3) is 0 Å². The molecule has 3 nitrogen and oxygen atoms in total. The van der Waals surface area contributed by atoms with E-state index in [1.165, 1.54) is 23.1 Å². The summed E-state index contributed by atoms with van der Waals surface area (Å²) in [6.45, 7) is 2.07. The second-order valence-corrected chi connectivity index (χ2v) is 5.03. The molecule has 0 aliphatic carbocycles. The monoisotopic (exact) mass is 304 g/mol. The van der Waals surface area contributed by atoms with Crippen LogP contribution in [0.5, 0.6) is 0 Å². The van der Waals surface area contributed by atoms with E-state index in [9.17, 15) is 13.6 Å². The van der Waals surface area contributed by atoms with Crippen LogP contribution >= 0.6 is 0 Å². The normalized spacial score (nSPS) is 10.5. The number of carbonyl (C=O) groups is 1. The average Bonchev–Trinajstić information content (AvgIpc) is 2.49. The molecule has 0 aromatic heterocycles. The van der Waals surface area contributed by atoms with Gasteiger partial charge in [-0.2, -0.15) is 0 Å². The van der Waals surface area contributed by atoms with Crippen molar-refractivity contribution in [2.24, 2.45) is 0 Å². The highest BCUT2D eigenvalue weighted by Gasteiger charge is 2.17. The summed E-state index contributed by atoms with van der Waals surface area (Å²) in [6.07, 6.45) is 0.171. The maximum Gasteiger partial charge on any atom is 0.227 e. The van der Waals surface area contributed by atoms with Crippen LogP contribution < -0.4 is 5.73 Å². The minimum atomic E-state index is -0.640. The summed E-state index contributed by atoms with van der Waals surface area (Å²) >= 11 is 0. The Bertz CT molecular complexity index is 636. The van der Waals surface area contributed by atoms with E-state index < -0.39 is 11.6 Å². The first-order valence-electron chi connectivity index (χ1n) is 7.06. The number of hydrogen-bond acceptors (Lipinski definition) is 2.